The Balaban J connectivity index is 1.95. The molecule has 0 radical (unpaired) electrons. The van der Waals surface area contributed by atoms with Gasteiger partial charge in [-0.1, -0.05) is 0 Å². The van der Waals surface area contributed by atoms with Crippen molar-refractivity contribution in [2.75, 3.05) is 33.0 Å². The van der Waals surface area contributed by atoms with Crippen molar-refractivity contribution in [3.05, 3.63) is 24.3 Å². The van der Waals surface area contributed by atoms with Gasteiger partial charge in [0.25, 0.3) is 5.91 Å². The number of hydrogen-bond donors (Lipinski definition) is 0. The molecule has 1 saturated heterocycles. The molecule has 0 saturated carbocycles. The summed E-state index contributed by atoms with van der Waals surface area (Å²) in [6.07, 6.45) is -3.66. The average Bonchev–Trinajstić information content (AvgIpc) is 2.59. The molecule has 0 unspecified atom stereocenters. The van der Waals surface area contributed by atoms with Crippen LogP contribution in [0.3, 0.4) is 0 Å². The third-order valence-electron chi connectivity index (χ3n) is 3.80. The van der Waals surface area contributed by atoms with Crippen molar-refractivity contribution in [3.63, 3.8) is 0 Å². The van der Waals surface area contributed by atoms with Crippen LogP contribution in [0.1, 0.15) is 19.8 Å². The minimum absolute atomic E-state index is 0.353. The number of halogens is 3. The molecule has 1 aromatic carbocycles. The monoisotopic (exact) mass is 361 g/mol. The molecule has 5 nitrogen and oxygen atoms in total. The summed E-state index contributed by atoms with van der Waals surface area (Å²) in [6.45, 7) is 1.37. The molecule has 0 aromatic heterocycles. The fourth-order valence-corrected chi connectivity index (χ4v) is 2.64. The molecule has 8 heteroatoms. The van der Waals surface area contributed by atoms with Gasteiger partial charge in [0.2, 0.25) is 0 Å². The van der Waals surface area contributed by atoms with Crippen molar-refractivity contribution in [1.29, 1.82) is 0 Å². The van der Waals surface area contributed by atoms with E-state index in [0.29, 0.717) is 44.2 Å². The summed E-state index contributed by atoms with van der Waals surface area (Å²) in [5.41, 5.74) is 0. The largest absolute Gasteiger partial charge is 0.494 e. The maximum atomic E-state index is 12.8. The Bertz CT molecular complexity index is 542. The topological polar surface area (TPSA) is 48.0 Å². The van der Waals surface area contributed by atoms with Crippen LogP contribution in [0, 0.1) is 0 Å². The first kappa shape index (κ1) is 19.4. The van der Waals surface area contributed by atoms with E-state index in [4.69, 9.17) is 14.2 Å². The Hall–Kier alpha value is -1.96. The summed E-state index contributed by atoms with van der Waals surface area (Å²) in [4.78, 5) is 13.2. The maximum absolute atomic E-state index is 12.8. The molecule has 1 fully saturated rings. The second kappa shape index (κ2) is 8.94. The van der Waals surface area contributed by atoms with Crippen LogP contribution in [0.2, 0.25) is 0 Å². The Morgan fingerprint density at radius 3 is 2.24 bits per heavy atom. The third-order valence-corrected chi connectivity index (χ3v) is 3.80. The van der Waals surface area contributed by atoms with Gasteiger partial charge in [-0.2, -0.15) is 13.2 Å². The van der Waals surface area contributed by atoms with Gasteiger partial charge in [0, 0.05) is 19.3 Å². The normalized spacial score (nSPS) is 15.7. The predicted molar refractivity (Wildman–Crippen MR) is 84.7 cm³/mol. The first-order valence-corrected chi connectivity index (χ1v) is 8.18. The van der Waals surface area contributed by atoms with Crippen molar-refractivity contribution >= 4 is 5.91 Å². The van der Waals surface area contributed by atoms with Crippen LogP contribution in [-0.4, -0.2) is 56.0 Å². The number of nitrogens with zero attached hydrogens (tertiary/aromatic N) is 1. The molecule has 1 heterocycles. The number of hydrogen-bond acceptors (Lipinski definition) is 4. The van der Waals surface area contributed by atoms with Gasteiger partial charge >= 0.3 is 6.18 Å². The number of benzene rings is 1. The zero-order valence-electron chi connectivity index (χ0n) is 14.1. The number of carbonyl (C=O) groups excluding carboxylic acids is 1. The van der Waals surface area contributed by atoms with E-state index in [9.17, 15) is 18.0 Å². The Kier molecular flexibility index (Phi) is 6.92. The van der Waals surface area contributed by atoms with E-state index < -0.39 is 31.3 Å². The van der Waals surface area contributed by atoms with Gasteiger partial charge in [-0.3, -0.25) is 4.79 Å². The molecule has 1 aliphatic rings. The average molecular weight is 361 g/mol. The van der Waals surface area contributed by atoms with E-state index in [0.717, 1.165) is 4.90 Å². The Morgan fingerprint density at radius 2 is 1.72 bits per heavy atom. The molecular weight excluding hydrogens is 339 g/mol. The lowest BCUT2D eigenvalue weighted by Crippen LogP contribution is -2.49. The SMILES string of the molecule is CCOc1ccc(OCC(=O)N(CC(F)(F)F)C2CCOCC2)cc1. The molecule has 0 N–H and O–H groups in total. The highest BCUT2D eigenvalue weighted by molar-refractivity contribution is 5.78. The van der Waals surface area contributed by atoms with Crippen molar-refractivity contribution in [2.24, 2.45) is 0 Å². The summed E-state index contributed by atoms with van der Waals surface area (Å²) in [7, 11) is 0. The fraction of sp³-hybridized carbons (Fsp3) is 0.588. The van der Waals surface area contributed by atoms with Gasteiger partial charge in [-0.25, -0.2) is 0 Å². The van der Waals surface area contributed by atoms with Crippen LogP contribution in [0.25, 0.3) is 0 Å². The van der Waals surface area contributed by atoms with E-state index in [1.807, 2.05) is 6.92 Å². The molecule has 0 aliphatic carbocycles. The highest BCUT2D eigenvalue weighted by atomic mass is 19.4. The zero-order valence-corrected chi connectivity index (χ0v) is 14.1. The van der Waals surface area contributed by atoms with E-state index in [-0.39, 0.29) is 0 Å². The third kappa shape index (κ3) is 6.45. The number of alkyl halides is 3. The van der Waals surface area contributed by atoms with Crippen molar-refractivity contribution in [1.82, 2.24) is 4.90 Å². The van der Waals surface area contributed by atoms with Crippen LogP contribution in [0.5, 0.6) is 11.5 Å². The van der Waals surface area contributed by atoms with Crippen LogP contribution in [0.4, 0.5) is 13.2 Å². The molecule has 1 aliphatic heterocycles. The summed E-state index contributed by atoms with van der Waals surface area (Å²) >= 11 is 0. The zero-order chi connectivity index (χ0) is 18.3. The lowest BCUT2D eigenvalue weighted by atomic mass is 10.1. The van der Waals surface area contributed by atoms with Crippen molar-refractivity contribution in [2.45, 2.75) is 32.0 Å². The fourth-order valence-electron chi connectivity index (χ4n) is 2.64. The van der Waals surface area contributed by atoms with Crippen LogP contribution < -0.4 is 9.47 Å². The molecule has 1 amide bonds. The molecule has 25 heavy (non-hydrogen) atoms. The quantitative estimate of drug-likeness (QED) is 0.749. The van der Waals surface area contributed by atoms with E-state index in [1.54, 1.807) is 24.3 Å². The highest BCUT2D eigenvalue weighted by Crippen LogP contribution is 2.23. The Morgan fingerprint density at radius 1 is 1.16 bits per heavy atom. The van der Waals surface area contributed by atoms with Crippen LogP contribution >= 0.6 is 0 Å². The van der Waals surface area contributed by atoms with Gasteiger partial charge < -0.3 is 19.1 Å². The van der Waals surface area contributed by atoms with Crippen molar-refractivity contribution < 1.29 is 32.2 Å². The minimum Gasteiger partial charge on any atom is -0.494 e. The maximum Gasteiger partial charge on any atom is 0.406 e. The Labute approximate surface area is 144 Å². The van der Waals surface area contributed by atoms with Gasteiger partial charge in [-0.05, 0) is 44.0 Å². The molecule has 140 valence electrons. The van der Waals surface area contributed by atoms with E-state index >= 15 is 0 Å². The second-order valence-corrected chi connectivity index (χ2v) is 5.67. The molecule has 1 aromatic rings. The lowest BCUT2D eigenvalue weighted by Gasteiger charge is -2.34. The minimum atomic E-state index is -4.45. The first-order chi connectivity index (χ1) is 11.9. The molecule has 0 atom stereocenters. The first-order valence-electron chi connectivity index (χ1n) is 8.18. The number of ether oxygens (including phenoxy) is 3. The van der Waals surface area contributed by atoms with Gasteiger partial charge in [0.1, 0.15) is 18.0 Å². The lowest BCUT2D eigenvalue weighted by molar-refractivity contribution is -0.170. The summed E-state index contributed by atoms with van der Waals surface area (Å²) in [6, 6.07) is 6.10. The molecule has 0 spiro atoms. The van der Waals surface area contributed by atoms with Crippen LogP contribution in [-0.2, 0) is 9.53 Å². The number of carbonyl (C=O) groups is 1. The number of amides is 1. The van der Waals surface area contributed by atoms with Gasteiger partial charge in [0.15, 0.2) is 6.61 Å². The molecule has 2 rings (SSSR count). The molecular formula is C17H22F3NO4. The van der Waals surface area contributed by atoms with Crippen LogP contribution in [0.15, 0.2) is 24.3 Å². The van der Waals surface area contributed by atoms with E-state index in [2.05, 4.69) is 0 Å². The number of rotatable bonds is 7. The van der Waals surface area contributed by atoms with Gasteiger partial charge in [0.05, 0.1) is 6.61 Å². The van der Waals surface area contributed by atoms with Gasteiger partial charge in [-0.15, -0.1) is 0 Å². The predicted octanol–water partition coefficient (Wildman–Crippen LogP) is 3.03. The van der Waals surface area contributed by atoms with Crippen molar-refractivity contribution in [3.8, 4) is 11.5 Å². The smallest absolute Gasteiger partial charge is 0.406 e. The summed E-state index contributed by atoms with van der Waals surface area (Å²) < 4.78 is 54.3. The standard InChI is InChI=1S/C17H22F3NO4/c1-2-24-14-3-5-15(6-4-14)25-11-16(22)21(12-17(18,19)20)13-7-9-23-10-8-13/h3-6,13H,2,7-12H2,1H3. The summed E-state index contributed by atoms with van der Waals surface area (Å²) in [5.74, 6) is 0.371. The highest BCUT2D eigenvalue weighted by Gasteiger charge is 2.37. The molecule has 0 bridgehead atoms. The second-order valence-electron chi connectivity index (χ2n) is 5.67. The van der Waals surface area contributed by atoms with E-state index in [1.165, 1.54) is 0 Å². The summed E-state index contributed by atoms with van der Waals surface area (Å²) in [5, 5.41) is 0.